The molecule has 0 spiro atoms. The van der Waals surface area contributed by atoms with Gasteiger partial charge in [-0.3, -0.25) is 10.1 Å². The Bertz CT molecular complexity index is 644. The second-order valence-corrected chi connectivity index (χ2v) is 5.25. The third-order valence-corrected chi connectivity index (χ3v) is 3.70. The molecule has 0 saturated heterocycles. The number of aryl methyl sites for hydroxylation is 2. The molecule has 0 atom stereocenters. The lowest BCUT2D eigenvalue weighted by Crippen LogP contribution is -1.98. The monoisotopic (exact) mass is 275 g/mol. The van der Waals surface area contributed by atoms with E-state index in [0.717, 1.165) is 4.90 Å². The summed E-state index contributed by atoms with van der Waals surface area (Å²) in [6, 6.07) is 9.07. The van der Waals surface area contributed by atoms with Crippen LogP contribution in [0.1, 0.15) is 11.1 Å². The smallest absolute Gasteiger partial charge is 0.311 e. The van der Waals surface area contributed by atoms with Gasteiger partial charge in [0.05, 0.1) is 4.92 Å². The number of benzene rings is 1. The maximum absolute atomic E-state index is 10.7. The molecular formula is C13H13N3O2S. The van der Waals surface area contributed by atoms with Gasteiger partial charge < -0.3 is 5.73 Å². The topological polar surface area (TPSA) is 82.0 Å². The Morgan fingerprint density at radius 3 is 2.53 bits per heavy atom. The fourth-order valence-corrected chi connectivity index (χ4v) is 2.45. The van der Waals surface area contributed by atoms with Crippen molar-refractivity contribution in [2.24, 2.45) is 0 Å². The molecule has 5 nitrogen and oxygen atoms in total. The molecule has 98 valence electrons. The highest BCUT2D eigenvalue weighted by Gasteiger charge is 2.13. The lowest BCUT2D eigenvalue weighted by Gasteiger charge is -2.05. The summed E-state index contributed by atoms with van der Waals surface area (Å²) < 4.78 is 0. The lowest BCUT2D eigenvalue weighted by molar-refractivity contribution is -0.384. The molecule has 0 radical (unpaired) electrons. The summed E-state index contributed by atoms with van der Waals surface area (Å²) in [5, 5.41) is 11.3. The minimum Gasteiger partial charge on any atom is -0.378 e. The molecule has 6 heteroatoms. The van der Waals surface area contributed by atoms with Crippen LogP contribution in [0.5, 0.6) is 0 Å². The molecule has 1 aromatic heterocycles. The van der Waals surface area contributed by atoms with Gasteiger partial charge in [-0.25, -0.2) is 4.98 Å². The van der Waals surface area contributed by atoms with Crippen LogP contribution in [-0.4, -0.2) is 9.91 Å². The molecular weight excluding hydrogens is 262 g/mol. The average Bonchev–Trinajstić information content (AvgIpc) is 2.33. The highest BCUT2D eigenvalue weighted by molar-refractivity contribution is 7.99. The lowest BCUT2D eigenvalue weighted by atomic mass is 10.1. The number of hydrogen-bond donors (Lipinski definition) is 1. The third-order valence-electron chi connectivity index (χ3n) is 2.77. The first kappa shape index (κ1) is 13.4. The highest BCUT2D eigenvalue weighted by atomic mass is 32.2. The molecule has 0 aliphatic rings. The van der Waals surface area contributed by atoms with Gasteiger partial charge in [0.2, 0.25) is 5.82 Å². The Morgan fingerprint density at radius 1 is 1.21 bits per heavy atom. The molecule has 2 aromatic rings. The van der Waals surface area contributed by atoms with Crippen molar-refractivity contribution in [1.29, 1.82) is 0 Å². The van der Waals surface area contributed by atoms with E-state index in [4.69, 9.17) is 5.73 Å². The van der Waals surface area contributed by atoms with Gasteiger partial charge in [-0.15, -0.1) is 0 Å². The summed E-state index contributed by atoms with van der Waals surface area (Å²) in [6.07, 6.45) is 0. The fraction of sp³-hybridized carbons (Fsp3) is 0.154. The van der Waals surface area contributed by atoms with Gasteiger partial charge in [0.25, 0.3) is 0 Å². The zero-order chi connectivity index (χ0) is 14.0. The molecule has 0 fully saturated rings. The van der Waals surface area contributed by atoms with Crippen molar-refractivity contribution < 1.29 is 4.92 Å². The second-order valence-electron chi connectivity index (χ2n) is 4.16. The van der Waals surface area contributed by atoms with Gasteiger partial charge in [0.15, 0.2) is 0 Å². The molecule has 2 N–H and O–H groups in total. The van der Waals surface area contributed by atoms with Gasteiger partial charge in [0, 0.05) is 11.0 Å². The highest BCUT2D eigenvalue weighted by Crippen LogP contribution is 2.30. The van der Waals surface area contributed by atoms with Gasteiger partial charge in [-0.2, -0.15) is 0 Å². The average molecular weight is 275 g/mol. The Hall–Kier alpha value is -2.08. The van der Waals surface area contributed by atoms with Crippen LogP contribution < -0.4 is 5.73 Å². The zero-order valence-electron chi connectivity index (χ0n) is 10.6. The van der Waals surface area contributed by atoms with Crippen LogP contribution in [0.2, 0.25) is 0 Å². The van der Waals surface area contributed by atoms with Crippen molar-refractivity contribution in [3.63, 3.8) is 0 Å². The van der Waals surface area contributed by atoms with Crippen molar-refractivity contribution in [2.45, 2.75) is 23.8 Å². The molecule has 0 bridgehead atoms. The first-order valence-electron chi connectivity index (χ1n) is 5.63. The van der Waals surface area contributed by atoms with E-state index in [1.165, 1.54) is 29.0 Å². The number of nitrogen functional groups attached to an aromatic ring is 1. The summed E-state index contributed by atoms with van der Waals surface area (Å²) in [7, 11) is 0. The summed E-state index contributed by atoms with van der Waals surface area (Å²) in [6.45, 7) is 4.09. The maximum Gasteiger partial charge on any atom is 0.311 e. The quantitative estimate of drug-likeness (QED) is 0.686. The van der Waals surface area contributed by atoms with Crippen molar-refractivity contribution in [1.82, 2.24) is 4.98 Å². The fourth-order valence-electron chi connectivity index (χ4n) is 1.56. The molecule has 0 amide bonds. The standard InChI is InChI=1S/C13H13N3O2S/c1-8-3-4-10(7-9(8)2)19-12-6-5-11(16(17)18)13(14)15-12/h3-7H,1-2H3,(H2,14,15). The number of nitrogens with zero attached hydrogens (tertiary/aromatic N) is 2. The van der Waals surface area contributed by atoms with E-state index in [1.54, 1.807) is 6.07 Å². The molecule has 0 aliphatic heterocycles. The van der Waals surface area contributed by atoms with Crippen molar-refractivity contribution >= 4 is 23.3 Å². The second kappa shape index (κ2) is 5.27. The van der Waals surface area contributed by atoms with Crippen molar-refractivity contribution in [3.8, 4) is 0 Å². The zero-order valence-corrected chi connectivity index (χ0v) is 11.4. The molecule has 0 aliphatic carbocycles. The first-order valence-corrected chi connectivity index (χ1v) is 6.45. The number of nitrogens with two attached hydrogens (primary N) is 1. The van der Waals surface area contributed by atoms with E-state index in [1.807, 2.05) is 26.0 Å². The molecule has 19 heavy (non-hydrogen) atoms. The molecule has 1 heterocycles. The van der Waals surface area contributed by atoms with E-state index in [-0.39, 0.29) is 11.5 Å². The van der Waals surface area contributed by atoms with Gasteiger partial charge in [0.1, 0.15) is 5.03 Å². The molecule has 0 saturated carbocycles. The summed E-state index contributed by atoms with van der Waals surface area (Å²) in [4.78, 5) is 15.2. The third kappa shape index (κ3) is 3.03. The van der Waals surface area contributed by atoms with Crippen molar-refractivity contribution in [3.05, 3.63) is 51.6 Å². The van der Waals surface area contributed by atoms with Gasteiger partial charge >= 0.3 is 5.69 Å². The Kier molecular flexibility index (Phi) is 3.71. The van der Waals surface area contributed by atoms with E-state index >= 15 is 0 Å². The van der Waals surface area contributed by atoms with Gasteiger partial charge in [-0.05, 0) is 43.2 Å². The number of hydrogen-bond acceptors (Lipinski definition) is 5. The molecule has 0 unspecified atom stereocenters. The van der Waals surface area contributed by atoms with Gasteiger partial charge in [-0.1, -0.05) is 17.8 Å². The predicted molar refractivity (Wildman–Crippen MR) is 75.3 cm³/mol. The van der Waals surface area contributed by atoms with Crippen molar-refractivity contribution in [2.75, 3.05) is 5.73 Å². The summed E-state index contributed by atoms with van der Waals surface area (Å²) >= 11 is 1.43. The number of aromatic nitrogens is 1. The maximum atomic E-state index is 10.7. The number of nitro groups is 1. The largest absolute Gasteiger partial charge is 0.378 e. The Morgan fingerprint density at radius 2 is 1.95 bits per heavy atom. The van der Waals surface area contributed by atoms with Crippen LogP contribution in [0.25, 0.3) is 0 Å². The summed E-state index contributed by atoms with van der Waals surface area (Å²) in [5.74, 6) is -0.0566. The SMILES string of the molecule is Cc1ccc(Sc2ccc([N+](=O)[O-])c(N)n2)cc1C. The number of anilines is 1. The first-order chi connectivity index (χ1) is 8.97. The Labute approximate surface area is 115 Å². The van der Waals surface area contributed by atoms with Crippen LogP contribution in [0.4, 0.5) is 11.5 Å². The normalized spacial score (nSPS) is 10.4. The number of rotatable bonds is 3. The predicted octanol–water partition coefficient (Wildman–Crippen LogP) is 3.34. The minimum absolute atomic E-state index is 0.0566. The van der Waals surface area contributed by atoms with E-state index < -0.39 is 4.92 Å². The van der Waals surface area contributed by atoms with Crippen LogP contribution >= 0.6 is 11.8 Å². The van der Waals surface area contributed by atoms with E-state index in [9.17, 15) is 10.1 Å². The number of pyridine rings is 1. The minimum atomic E-state index is -0.535. The van der Waals surface area contributed by atoms with Crippen LogP contribution in [-0.2, 0) is 0 Å². The van der Waals surface area contributed by atoms with E-state index in [2.05, 4.69) is 11.1 Å². The molecule has 1 aromatic carbocycles. The molecule has 2 rings (SSSR count). The van der Waals surface area contributed by atoms with Crippen LogP contribution in [0.3, 0.4) is 0 Å². The van der Waals surface area contributed by atoms with E-state index in [0.29, 0.717) is 5.03 Å². The van der Waals surface area contributed by atoms with Crippen LogP contribution in [0.15, 0.2) is 40.3 Å². The Balaban J connectivity index is 2.26. The summed E-state index contributed by atoms with van der Waals surface area (Å²) in [5.41, 5.74) is 7.82. The van der Waals surface area contributed by atoms with Crippen LogP contribution in [0, 0.1) is 24.0 Å².